The van der Waals surface area contributed by atoms with Crippen LogP contribution in [0.3, 0.4) is 0 Å². The van der Waals surface area contributed by atoms with Gasteiger partial charge in [-0.3, -0.25) is 4.79 Å². The minimum Gasteiger partial charge on any atom is -0.480 e. The zero-order valence-electron chi connectivity index (χ0n) is 6.79. The molecule has 0 aliphatic heterocycles. The van der Waals surface area contributed by atoms with E-state index in [9.17, 15) is 4.79 Å². The number of aliphatic carboxylic acids is 1. The molecule has 0 aromatic carbocycles. The highest BCUT2D eigenvalue weighted by Gasteiger charge is 2.31. The van der Waals surface area contributed by atoms with E-state index in [1.165, 1.54) is 6.42 Å². The summed E-state index contributed by atoms with van der Waals surface area (Å²) in [5, 5.41) is 8.60. The number of carboxylic acid groups (broad SMARTS) is 1. The largest absolute Gasteiger partial charge is 0.480 e. The number of rotatable bonds is 3. The molecule has 0 aromatic heterocycles. The number of carboxylic acids is 1. The second-order valence-electron chi connectivity index (χ2n) is 3.41. The molecule has 1 saturated carbocycles. The van der Waals surface area contributed by atoms with Crippen molar-refractivity contribution in [3.8, 4) is 0 Å². The van der Waals surface area contributed by atoms with E-state index in [0.717, 1.165) is 12.8 Å². The first-order chi connectivity index (χ1) is 5.13. The van der Waals surface area contributed by atoms with Gasteiger partial charge in [-0.05, 0) is 11.8 Å². The van der Waals surface area contributed by atoms with Crippen LogP contribution in [0.5, 0.6) is 0 Å². The number of nitrogens with two attached hydrogens (primary N) is 1. The molecule has 0 spiro atoms. The second-order valence-corrected chi connectivity index (χ2v) is 3.41. The monoisotopic (exact) mass is 157 g/mol. The normalized spacial score (nSPS) is 23.8. The van der Waals surface area contributed by atoms with Gasteiger partial charge in [0.05, 0.1) is 0 Å². The fourth-order valence-electron chi connectivity index (χ4n) is 1.48. The predicted molar refractivity (Wildman–Crippen MR) is 42.1 cm³/mol. The first-order valence-corrected chi connectivity index (χ1v) is 4.11. The Balaban J connectivity index is 2.38. The molecule has 2 atom stereocenters. The molecule has 0 radical (unpaired) electrons. The second kappa shape index (κ2) is 3.22. The maximum atomic E-state index is 10.5. The van der Waals surface area contributed by atoms with E-state index in [1.807, 2.05) is 6.92 Å². The van der Waals surface area contributed by atoms with Gasteiger partial charge in [0.25, 0.3) is 0 Å². The molecule has 0 saturated heterocycles. The van der Waals surface area contributed by atoms with Gasteiger partial charge in [0.15, 0.2) is 0 Å². The van der Waals surface area contributed by atoms with Gasteiger partial charge >= 0.3 is 5.97 Å². The maximum Gasteiger partial charge on any atom is 0.320 e. The van der Waals surface area contributed by atoms with E-state index in [4.69, 9.17) is 10.8 Å². The Hall–Kier alpha value is -0.570. The molecule has 1 aliphatic carbocycles. The molecule has 0 aromatic rings. The fourth-order valence-corrected chi connectivity index (χ4v) is 1.48. The van der Waals surface area contributed by atoms with Crippen LogP contribution in [0.1, 0.15) is 26.2 Å². The zero-order chi connectivity index (χ0) is 8.43. The lowest BCUT2D eigenvalue weighted by Gasteiger charge is -2.33. The fraction of sp³-hybridized carbons (Fsp3) is 0.875. The zero-order valence-corrected chi connectivity index (χ0v) is 6.79. The van der Waals surface area contributed by atoms with Crippen molar-refractivity contribution in [2.24, 2.45) is 17.6 Å². The molecular weight excluding hydrogens is 142 g/mol. The molecular formula is C8H15NO2. The third-order valence-electron chi connectivity index (χ3n) is 2.75. The highest BCUT2D eigenvalue weighted by Crippen LogP contribution is 2.34. The average Bonchev–Trinajstić information content (AvgIpc) is 1.82. The van der Waals surface area contributed by atoms with Crippen LogP contribution < -0.4 is 5.73 Å². The third kappa shape index (κ3) is 1.71. The Labute approximate surface area is 66.6 Å². The van der Waals surface area contributed by atoms with E-state index in [2.05, 4.69) is 0 Å². The van der Waals surface area contributed by atoms with Gasteiger partial charge in [-0.25, -0.2) is 0 Å². The quantitative estimate of drug-likeness (QED) is 0.638. The van der Waals surface area contributed by atoms with E-state index >= 15 is 0 Å². The molecule has 0 heterocycles. The van der Waals surface area contributed by atoms with Crippen LogP contribution in [0.15, 0.2) is 0 Å². The number of carbonyl (C=O) groups is 1. The van der Waals surface area contributed by atoms with Gasteiger partial charge < -0.3 is 10.8 Å². The van der Waals surface area contributed by atoms with E-state index < -0.39 is 12.0 Å². The van der Waals surface area contributed by atoms with Crippen LogP contribution in [0.4, 0.5) is 0 Å². The number of hydrogen-bond acceptors (Lipinski definition) is 2. The van der Waals surface area contributed by atoms with Gasteiger partial charge in [0.2, 0.25) is 0 Å². The van der Waals surface area contributed by atoms with E-state index in [1.54, 1.807) is 0 Å². The topological polar surface area (TPSA) is 63.3 Å². The Morgan fingerprint density at radius 1 is 1.64 bits per heavy atom. The lowest BCUT2D eigenvalue weighted by molar-refractivity contribution is -0.140. The molecule has 3 N–H and O–H groups in total. The molecule has 1 fully saturated rings. The van der Waals surface area contributed by atoms with Crippen LogP contribution >= 0.6 is 0 Å². The lowest BCUT2D eigenvalue weighted by Crippen LogP contribution is -2.41. The van der Waals surface area contributed by atoms with Gasteiger partial charge in [-0.15, -0.1) is 0 Å². The van der Waals surface area contributed by atoms with Crippen molar-refractivity contribution in [2.75, 3.05) is 0 Å². The van der Waals surface area contributed by atoms with E-state index in [0.29, 0.717) is 5.92 Å². The molecule has 3 nitrogen and oxygen atoms in total. The molecule has 64 valence electrons. The first-order valence-electron chi connectivity index (χ1n) is 4.11. The van der Waals surface area contributed by atoms with Gasteiger partial charge in [0.1, 0.15) is 6.04 Å². The Bertz CT molecular complexity index is 154. The maximum absolute atomic E-state index is 10.5. The summed E-state index contributed by atoms with van der Waals surface area (Å²) in [4.78, 5) is 10.5. The van der Waals surface area contributed by atoms with Crippen molar-refractivity contribution in [2.45, 2.75) is 32.2 Å². The predicted octanol–water partition coefficient (Wildman–Crippen LogP) is 0.834. The van der Waals surface area contributed by atoms with Gasteiger partial charge in [-0.1, -0.05) is 26.2 Å². The summed E-state index contributed by atoms with van der Waals surface area (Å²) >= 11 is 0. The summed E-state index contributed by atoms with van der Waals surface area (Å²) < 4.78 is 0. The molecule has 11 heavy (non-hydrogen) atoms. The van der Waals surface area contributed by atoms with Crippen LogP contribution in [-0.2, 0) is 4.79 Å². The minimum atomic E-state index is -0.871. The summed E-state index contributed by atoms with van der Waals surface area (Å²) in [5.41, 5.74) is 5.47. The van der Waals surface area contributed by atoms with Crippen LogP contribution in [-0.4, -0.2) is 17.1 Å². The highest BCUT2D eigenvalue weighted by molar-refractivity contribution is 5.73. The average molecular weight is 157 g/mol. The molecule has 0 bridgehead atoms. The Morgan fingerprint density at radius 3 is 2.45 bits per heavy atom. The summed E-state index contributed by atoms with van der Waals surface area (Å²) in [6, 6.07) is -0.666. The van der Waals surface area contributed by atoms with Crippen LogP contribution in [0.2, 0.25) is 0 Å². The van der Waals surface area contributed by atoms with Gasteiger partial charge in [-0.2, -0.15) is 0 Å². The molecule has 0 amide bonds. The van der Waals surface area contributed by atoms with Crippen molar-refractivity contribution in [1.82, 2.24) is 0 Å². The number of hydrogen-bond donors (Lipinski definition) is 2. The van der Waals surface area contributed by atoms with E-state index in [-0.39, 0.29) is 5.92 Å². The SMILES string of the molecule is CC(C1CCC1)C(N)C(=O)O. The summed E-state index contributed by atoms with van der Waals surface area (Å²) in [6.45, 7) is 1.93. The summed E-state index contributed by atoms with van der Waals surface area (Å²) in [7, 11) is 0. The lowest BCUT2D eigenvalue weighted by atomic mass is 9.74. The minimum absolute atomic E-state index is 0.140. The van der Waals surface area contributed by atoms with Crippen molar-refractivity contribution in [3.05, 3.63) is 0 Å². The third-order valence-corrected chi connectivity index (χ3v) is 2.75. The van der Waals surface area contributed by atoms with Gasteiger partial charge in [0, 0.05) is 0 Å². The Morgan fingerprint density at radius 2 is 2.18 bits per heavy atom. The van der Waals surface area contributed by atoms with Crippen LogP contribution in [0, 0.1) is 11.8 Å². The Kier molecular flexibility index (Phi) is 2.49. The first kappa shape index (κ1) is 8.53. The summed E-state index contributed by atoms with van der Waals surface area (Å²) in [6.07, 6.45) is 3.55. The standard InChI is InChI=1S/C8H15NO2/c1-5(6-3-2-4-6)7(9)8(10)11/h5-7H,2-4,9H2,1H3,(H,10,11). The molecule has 1 aliphatic rings. The smallest absolute Gasteiger partial charge is 0.320 e. The highest BCUT2D eigenvalue weighted by atomic mass is 16.4. The summed E-state index contributed by atoms with van der Waals surface area (Å²) in [5.74, 6) is -0.174. The molecule has 1 rings (SSSR count). The van der Waals surface area contributed by atoms with Crippen molar-refractivity contribution in [1.29, 1.82) is 0 Å². The van der Waals surface area contributed by atoms with Crippen molar-refractivity contribution < 1.29 is 9.90 Å². The molecule has 3 heteroatoms. The van der Waals surface area contributed by atoms with Crippen molar-refractivity contribution in [3.63, 3.8) is 0 Å². The van der Waals surface area contributed by atoms with Crippen LogP contribution in [0.25, 0.3) is 0 Å². The molecule has 2 unspecified atom stereocenters. The van der Waals surface area contributed by atoms with Crippen molar-refractivity contribution >= 4 is 5.97 Å².